The van der Waals surface area contributed by atoms with Crippen molar-refractivity contribution in [2.45, 2.75) is 17.7 Å². The first-order valence-corrected chi connectivity index (χ1v) is 6.84. The zero-order valence-corrected chi connectivity index (χ0v) is 12.2. The third-order valence-corrected chi connectivity index (χ3v) is 3.89. The van der Waals surface area contributed by atoms with Gasteiger partial charge >= 0.3 is 0 Å². The summed E-state index contributed by atoms with van der Waals surface area (Å²) in [5.41, 5.74) is 43.4. The van der Waals surface area contributed by atoms with Crippen LogP contribution in [-0.4, -0.2) is 12.2 Å². The quantitative estimate of drug-likeness (QED) is 0.285. The summed E-state index contributed by atoms with van der Waals surface area (Å²) in [4.78, 5) is 0. The molecule has 22 heavy (non-hydrogen) atoms. The highest BCUT2D eigenvalue weighted by molar-refractivity contribution is 5.73. The molecule has 0 saturated heterocycles. The van der Waals surface area contributed by atoms with E-state index in [2.05, 4.69) is 0 Å². The van der Waals surface area contributed by atoms with Gasteiger partial charge in [-0.2, -0.15) is 0 Å². The van der Waals surface area contributed by atoms with Gasteiger partial charge in [-0.3, -0.25) is 0 Å². The summed E-state index contributed by atoms with van der Waals surface area (Å²) in [5.74, 6) is 0. The summed E-state index contributed by atoms with van der Waals surface area (Å²) >= 11 is 0. The molecule has 0 bridgehead atoms. The molecule has 2 aromatic carbocycles. The fourth-order valence-electron chi connectivity index (χ4n) is 2.55. The molecule has 14 N–H and O–H groups in total. The van der Waals surface area contributed by atoms with Crippen molar-refractivity contribution >= 4 is 17.1 Å². The van der Waals surface area contributed by atoms with Gasteiger partial charge in [0.1, 0.15) is 0 Å². The Balaban J connectivity index is 2.72. The number of hydrogen-bond donors (Lipinski definition) is 7. The second-order valence-corrected chi connectivity index (χ2v) is 5.41. The molecule has 2 rings (SSSR count). The molecule has 0 aliphatic rings. The average Bonchev–Trinajstić information content (AvgIpc) is 2.50. The minimum atomic E-state index is -1.19. The van der Waals surface area contributed by atoms with Crippen LogP contribution in [0.5, 0.6) is 0 Å². The van der Waals surface area contributed by atoms with Crippen molar-refractivity contribution in [3.8, 4) is 0 Å². The van der Waals surface area contributed by atoms with Crippen LogP contribution in [0.3, 0.4) is 0 Å². The van der Waals surface area contributed by atoms with Gasteiger partial charge in [-0.1, -0.05) is 30.3 Å². The van der Waals surface area contributed by atoms with E-state index in [0.717, 1.165) is 5.56 Å². The number of hydrogen-bond acceptors (Lipinski definition) is 7. The summed E-state index contributed by atoms with van der Waals surface area (Å²) in [6.07, 6.45) is -0.844. The Morgan fingerprint density at radius 2 is 1.32 bits per heavy atom. The van der Waals surface area contributed by atoms with Crippen LogP contribution < -0.4 is 40.1 Å². The van der Waals surface area contributed by atoms with Crippen molar-refractivity contribution in [1.29, 1.82) is 0 Å². The normalized spacial score (nSPS) is 15.5. The molecule has 0 amide bonds. The molecule has 0 saturated carbocycles. The average molecular weight is 301 g/mol. The fraction of sp³-hybridized carbons (Fsp3) is 0.200. The molecule has 0 aliphatic carbocycles. The Hall–Kier alpha value is -2.32. The minimum absolute atomic E-state index is 0.368. The van der Waals surface area contributed by atoms with Crippen LogP contribution in [0.15, 0.2) is 42.5 Å². The predicted octanol–water partition coefficient (Wildman–Crippen LogP) is -0.794. The van der Waals surface area contributed by atoms with Crippen LogP contribution in [-0.2, 0) is 5.54 Å². The van der Waals surface area contributed by atoms with Crippen LogP contribution in [0.4, 0.5) is 17.1 Å². The zero-order valence-electron chi connectivity index (χ0n) is 12.2. The Bertz CT molecular complexity index is 656. The molecule has 0 spiro atoms. The molecule has 0 aromatic heterocycles. The number of anilines is 3. The highest BCUT2D eigenvalue weighted by atomic mass is 15.0. The van der Waals surface area contributed by atoms with Gasteiger partial charge < -0.3 is 40.1 Å². The monoisotopic (exact) mass is 301 g/mol. The SMILES string of the molecule is Nc1cc(N)c(C(N)(c2ccccc2)C(N)C(N)N)cc1N. The number of benzene rings is 2. The van der Waals surface area contributed by atoms with Crippen molar-refractivity contribution < 1.29 is 0 Å². The van der Waals surface area contributed by atoms with E-state index in [-0.39, 0.29) is 0 Å². The van der Waals surface area contributed by atoms with Crippen LogP contribution in [0.25, 0.3) is 0 Å². The van der Waals surface area contributed by atoms with Gasteiger partial charge in [0.2, 0.25) is 0 Å². The van der Waals surface area contributed by atoms with Crippen molar-refractivity contribution in [2.75, 3.05) is 17.2 Å². The van der Waals surface area contributed by atoms with E-state index in [1.807, 2.05) is 30.3 Å². The highest BCUT2D eigenvalue weighted by Crippen LogP contribution is 2.36. The van der Waals surface area contributed by atoms with Gasteiger partial charge in [-0.15, -0.1) is 0 Å². The van der Waals surface area contributed by atoms with Gasteiger partial charge in [0.05, 0.1) is 29.1 Å². The van der Waals surface area contributed by atoms with Gasteiger partial charge in [0.15, 0.2) is 0 Å². The smallest absolute Gasteiger partial charge is 0.0868 e. The molecule has 0 fully saturated rings. The molecule has 118 valence electrons. The summed E-state index contributed by atoms with van der Waals surface area (Å²) in [5, 5.41) is 0. The molecule has 2 unspecified atom stereocenters. The first kappa shape index (κ1) is 16.1. The van der Waals surface area contributed by atoms with E-state index in [0.29, 0.717) is 22.6 Å². The molecule has 2 aromatic rings. The van der Waals surface area contributed by atoms with Crippen LogP contribution >= 0.6 is 0 Å². The van der Waals surface area contributed by atoms with Crippen LogP contribution in [0, 0.1) is 0 Å². The van der Waals surface area contributed by atoms with E-state index in [1.165, 1.54) is 0 Å². The maximum atomic E-state index is 6.64. The molecule has 0 radical (unpaired) electrons. The molecular formula is C15H23N7. The molecule has 7 nitrogen and oxygen atoms in total. The topological polar surface area (TPSA) is 182 Å². The second kappa shape index (κ2) is 5.82. The van der Waals surface area contributed by atoms with E-state index in [1.54, 1.807) is 12.1 Å². The fourth-order valence-corrected chi connectivity index (χ4v) is 2.55. The number of rotatable bonds is 4. The van der Waals surface area contributed by atoms with Crippen molar-refractivity contribution in [3.05, 3.63) is 53.6 Å². The van der Waals surface area contributed by atoms with Crippen molar-refractivity contribution in [3.63, 3.8) is 0 Å². The first-order chi connectivity index (χ1) is 10.3. The lowest BCUT2D eigenvalue weighted by atomic mass is 9.76. The lowest BCUT2D eigenvalue weighted by Crippen LogP contribution is -2.64. The maximum absolute atomic E-state index is 6.64. The molecule has 7 heteroatoms. The van der Waals surface area contributed by atoms with Gasteiger partial charge in [-0.25, -0.2) is 0 Å². The van der Waals surface area contributed by atoms with E-state index in [4.69, 9.17) is 40.1 Å². The lowest BCUT2D eigenvalue weighted by molar-refractivity contribution is 0.368. The maximum Gasteiger partial charge on any atom is 0.0868 e. The summed E-state index contributed by atoms with van der Waals surface area (Å²) in [6, 6.07) is 11.7. The Morgan fingerprint density at radius 3 is 1.86 bits per heavy atom. The van der Waals surface area contributed by atoms with Gasteiger partial charge in [0, 0.05) is 11.3 Å². The van der Waals surface area contributed by atoms with E-state index < -0.39 is 17.7 Å². The first-order valence-electron chi connectivity index (χ1n) is 6.84. The molecule has 0 aliphatic heterocycles. The minimum Gasteiger partial charge on any atom is -0.398 e. The number of nitrogens with two attached hydrogens (primary N) is 7. The van der Waals surface area contributed by atoms with Gasteiger partial charge in [-0.05, 0) is 17.7 Å². The third-order valence-electron chi connectivity index (χ3n) is 3.89. The summed E-state index contributed by atoms with van der Waals surface area (Å²) < 4.78 is 0. The van der Waals surface area contributed by atoms with Crippen LogP contribution in [0.2, 0.25) is 0 Å². The Kier molecular flexibility index (Phi) is 4.25. The summed E-state index contributed by atoms with van der Waals surface area (Å²) in [6.45, 7) is 0. The van der Waals surface area contributed by atoms with Crippen molar-refractivity contribution in [2.24, 2.45) is 22.9 Å². The molecule has 0 heterocycles. The largest absolute Gasteiger partial charge is 0.398 e. The molecular weight excluding hydrogens is 278 g/mol. The highest BCUT2D eigenvalue weighted by Gasteiger charge is 2.40. The van der Waals surface area contributed by atoms with Gasteiger partial charge in [0.25, 0.3) is 0 Å². The Morgan fingerprint density at radius 1 is 0.773 bits per heavy atom. The van der Waals surface area contributed by atoms with E-state index in [9.17, 15) is 0 Å². The van der Waals surface area contributed by atoms with Crippen LogP contribution in [0.1, 0.15) is 11.1 Å². The van der Waals surface area contributed by atoms with Crippen molar-refractivity contribution in [1.82, 2.24) is 0 Å². The summed E-state index contributed by atoms with van der Waals surface area (Å²) in [7, 11) is 0. The number of nitrogen functional groups attached to an aromatic ring is 3. The second-order valence-electron chi connectivity index (χ2n) is 5.41. The zero-order chi connectivity index (χ0) is 16.5. The molecule has 2 atom stereocenters. The third kappa shape index (κ3) is 2.58. The van der Waals surface area contributed by atoms with E-state index >= 15 is 0 Å². The Labute approximate surface area is 129 Å². The standard InChI is InChI=1S/C15H23N7/c16-10-7-12(18)11(17)6-9(10)15(22,13(19)14(20)21)8-4-2-1-3-5-8/h1-7,13-14H,16-22H2. The predicted molar refractivity (Wildman–Crippen MR) is 91.2 cm³/mol. The lowest BCUT2D eigenvalue weighted by Gasteiger charge is -2.39.